The third-order valence-corrected chi connectivity index (χ3v) is 7.12. The van der Waals surface area contributed by atoms with Crippen LogP contribution in [0.2, 0.25) is 0 Å². The van der Waals surface area contributed by atoms with Gasteiger partial charge in [-0.05, 0) is 49.4 Å². The van der Waals surface area contributed by atoms with E-state index in [4.69, 9.17) is 9.47 Å². The zero-order valence-electron chi connectivity index (χ0n) is 17.9. The molecule has 1 unspecified atom stereocenters. The molecule has 0 bridgehead atoms. The molecule has 0 radical (unpaired) electrons. The summed E-state index contributed by atoms with van der Waals surface area (Å²) in [5.74, 6) is 1.05. The minimum Gasteiger partial charge on any atom is -0.497 e. The van der Waals surface area contributed by atoms with Gasteiger partial charge in [0, 0.05) is 45.3 Å². The Morgan fingerprint density at radius 1 is 1.21 bits per heavy atom. The second-order valence-electron chi connectivity index (χ2n) is 9.10. The molecule has 1 aromatic carbocycles. The summed E-state index contributed by atoms with van der Waals surface area (Å²) in [5.41, 5.74) is 1.42. The first-order valence-corrected chi connectivity index (χ1v) is 11.0. The van der Waals surface area contributed by atoms with Crippen molar-refractivity contribution in [2.75, 3.05) is 66.6 Å². The first-order valence-electron chi connectivity index (χ1n) is 11.0. The fourth-order valence-corrected chi connectivity index (χ4v) is 5.33. The van der Waals surface area contributed by atoms with E-state index in [1.54, 1.807) is 7.11 Å². The van der Waals surface area contributed by atoms with Crippen molar-refractivity contribution in [3.05, 3.63) is 29.8 Å². The summed E-state index contributed by atoms with van der Waals surface area (Å²) < 4.78 is 10.8. The SMILES string of the molecule is COc1cccc(CC(=O)N2CCC3(CC2)CC(CN2CCOCC2)N(C)C3)c1. The van der Waals surface area contributed by atoms with Crippen molar-refractivity contribution >= 4 is 5.91 Å². The Kier molecular flexibility index (Phi) is 6.42. The van der Waals surface area contributed by atoms with Gasteiger partial charge in [-0.1, -0.05) is 12.1 Å². The van der Waals surface area contributed by atoms with E-state index in [1.807, 2.05) is 24.3 Å². The van der Waals surface area contributed by atoms with Gasteiger partial charge in [-0.25, -0.2) is 0 Å². The van der Waals surface area contributed by atoms with Crippen LogP contribution in [0, 0.1) is 5.41 Å². The number of carbonyl (C=O) groups is 1. The fraction of sp³-hybridized carbons (Fsp3) is 0.696. The van der Waals surface area contributed by atoms with Crippen LogP contribution in [0.3, 0.4) is 0 Å². The summed E-state index contributed by atoms with van der Waals surface area (Å²) in [6.07, 6.45) is 3.98. The number of ether oxygens (including phenoxy) is 2. The van der Waals surface area contributed by atoms with Crippen LogP contribution in [0.25, 0.3) is 0 Å². The fourth-order valence-electron chi connectivity index (χ4n) is 5.33. The summed E-state index contributed by atoms with van der Waals surface area (Å²) >= 11 is 0. The van der Waals surface area contributed by atoms with E-state index in [1.165, 1.54) is 13.0 Å². The Bertz CT molecular complexity index is 696. The molecule has 6 heteroatoms. The Labute approximate surface area is 174 Å². The van der Waals surface area contributed by atoms with Gasteiger partial charge in [0.2, 0.25) is 5.91 Å². The quantitative estimate of drug-likeness (QED) is 0.754. The predicted molar refractivity (Wildman–Crippen MR) is 113 cm³/mol. The number of likely N-dealkylation sites (tertiary alicyclic amines) is 2. The molecule has 3 fully saturated rings. The molecule has 1 spiro atoms. The summed E-state index contributed by atoms with van der Waals surface area (Å²) in [6, 6.07) is 8.48. The molecule has 1 atom stereocenters. The Morgan fingerprint density at radius 3 is 2.69 bits per heavy atom. The lowest BCUT2D eigenvalue weighted by Gasteiger charge is -2.39. The monoisotopic (exact) mass is 401 g/mol. The number of morpholine rings is 1. The summed E-state index contributed by atoms with van der Waals surface area (Å²) in [7, 11) is 3.94. The number of amides is 1. The first-order chi connectivity index (χ1) is 14.1. The molecule has 3 aliphatic heterocycles. The zero-order chi connectivity index (χ0) is 20.3. The standard InChI is InChI=1S/C23H35N3O3/c1-24-18-23(16-20(24)17-25-10-12-29-13-11-25)6-8-26(9-7-23)22(27)15-19-4-3-5-21(14-19)28-2/h3-5,14,20H,6-13,15-18H2,1-2H3. The van der Waals surface area contributed by atoms with E-state index in [9.17, 15) is 4.79 Å². The third kappa shape index (κ3) is 4.93. The highest BCUT2D eigenvalue weighted by Gasteiger charge is 2.45. The van der Waals surface area contributed by atoms with E-state index >= 15 is 0 Å². The molecule has 29 heavy (non-hydrogen) atoms. The normalized spacial score (nSPS) is 25.4. The average Bonchev–Trinajstić information content (AvgIpc) is 3.03. The molecule has 0 saturated carbocycles. The van der Waals surface area contributed by atoms with Crippen LogP contribution < -0.4 is 4.74 Å². The van der Waals surface area contributed by atoms with Gasteiger partial charge in [0.05, 0.1) is 26.7 Å². The minimum absolute atomic E-state index is 0.240. The van der Waals surface area contributed by atoms with Crippen LogP contribution in [0.5, 0.6) is 5.75 Å². The smallest absolute Gasteiger partial charge is 0.226 e. The van der Waals surface area contributed by atoms with E-state index in [0.29, 0.717) is 17.9 Å². The average molecular weight is 402 g/mol. The van der Waals surface area contributed by atoms with Gasteiger partial charge in [0.15, 0.2) is 0 Å². The molecule has 4 rings (SSSR count). The van der Waals surface area contributed by atoms with Crippen LogP contribution in [0.1, 0.15) is 24.8 Å². The van der Waals surface area contributed by atoms with Crippen molar-refractivity contribution in [2.24, 2.45) is 5.41 Å². The van der Waals surface area contributed by atoms with E-state index in [2.05, 4.69) is 21.7 Å². The molecule has 1 amide bonds. The molecule has 160 valence electrons. The molecule has 0 aromatic heterocycles. The maximum Gasteiger partial charge on any atom is 0.226 e. The van der Waals surface area contributed by atoms with Gasteiger partial charge < -0.3 is 19.3 Å². The van der Waals surface area contributed by atoms with Crippen LogP contribution in [0.4, 0.5) is 0 Å². The van der Waals surface area contributed by atoms with Gasteiger partial charge in [0.25, 0.3) is 0 Å². The molecule has 1 aromatic rings. The lowest BCUT2D eigenvalue weighted by atomic mass is 9.76. The number of hydrogen-bond acceptors (Lipinski definition) is 5. The molecule has 6 nitrogen and oxygen atoms in total. The van der Waals surface area contributed by atoms with Crippen molar-refractivity contribution in [3.63, 3.8) is 0 Å². The van der Waals surface area contributed by atoms with Crippen LogP contribution in [-0.2, 0) is 16.0 Å². The zero-order valence-corrected chi connectivity index (χ0v) is 17.9. The van der Waals surface area contributed by atoms with Crippen molar-refractivity contribution in [2.45, 2.75) is 31.7 Å². The van der Waals surface area contributed by atoms with Gasteiger partial charge in [-0.2, -0.15) is 0 Å². The molecule has 0 aliphatic carbocycles. The van der Waals surface area contributed by atoms with Crippen LogP contribution >= 0.6 is 0 Å². The van der Waals surface area contributed by atoms with Crippen molar-refractivity contribution in [1.29, 1.82) is 0 Å². The lowest BCUT2D eigenvalue weighted by molar-refractivity contribution is -0.132. The number of nitrogens with zero attached hydrogens (tertiary/aromatic N) is 3. The van der Waals surface area contributed by atoms with Gasteiger partial charge in [0.1, 0.15) is 5.75 Å². The van der Waals surface area contributed by atoms with Gasteiger partial charge in [-0.15, -0.1) is 0 Å². The number of piperidine rings is 1. The highest BCUT2D eigenvalue weighted by Crippen LogP contribution is 2.43. The van der Waals surface area contributed by atoms with E-state index < -0.39 is 0 Å². The van der Waals surface area contributed by atoms with Gasteiger partial charge >= 0.3 is 0 Å². The number of rotatable bonds is 5. The molecular weight excluding hydrogens is 366 g/mol. The molecule has 3 saturated heterocycles. The molecule has 3 aliphatic rings. The predicted octanol–water partition coefficient (Wildman–Crippen LogP) is 1.88. The largest absolute Gasteiger partial charge is 0.497 e. The number of carbonyl (C=O) groups excluding carboxylic acids is 1. The van der Waals surface area contributed by atoms with Crippen LogP contribution in [-0.4, -0.2) is 93.3 Å². The van der Waals surface area contributed by atoms with E-state index in [-0.39, 0.29) is 5.91 Å². The maximum absolute atomic E-state index is 12.8. The topological polar surface area (TPSA) is 45.3 Å². The number of methoxy groups -OCH3 is 1. The van der Waals surface area contributed by atoms with E-state index in [0.717, 1.165) is 70.1 Å². The van der Waals surface area contributed by atoms with Gasteiger partial charge in [-0.3, -0.25) is 9.69 Å². The highest BCUT2D eigenvalue weighted by molar-refractivity contribution is 5.79. The first kappa shape index (κ1) is 20.6. The van der Waals surface area contributed by atoms with Crippen molar-refractivity contribution in [3.8, 4) is 5.75 Å². The third-order valence-electron chi connectivity index (χ3n) is 7.12. The lowest BCUT2D eigenvalue weighted by Crippen LogP contribution is -2.44. The minimum atomic E-state index is 0.240. The number of hydrogen-bond donors (Lipinski definition) is 0. The Morgan fingerprint density at radius 2 is 1.97 bits per heavy atom. The number of benzene rings is 1. The highest BCUT2D eigenvalue weighted by atomic mass is 16.5. The molecular formula is C23H35N3O3. The molecule has 3 heterocycles. The summed E-state index contributed by atoms with van der Waals surface area (Å²) in [5, 5.41) is 0. The number of likely N-dealkylation sites (N-methyl/N-ethyl adjacent to an activating group) is 1. The van der Waals surface area contributed by atoms with Crippen molar-refractivity contribution < 1.29 is 14.3 Å². The second-order valence-corrected chi connectivity index (χ2v) is 9.10. The summed E-state index contributed by atoms with van der Waals surface area (Å²) in [4.78, 5) is 20.0. The van der Waals surface area contributed by atoms with Crippen molar-refractivity contribution in [1.82, 2.24) is 14.7 Å². The molecule has 0 N–H and O–H groups in total. The second kappa shape index (κ2) is 9.02. The van der Waals surface area contributed by atoms with Crippen LogP contribution in [0.15, 0.2) is 24.3 Å². The summed E-state index contributed by atoms with van der Waals surface area (Å²) in [6.45, 7) is 7.95. The maximum atomic E-state index is 12.8. The Balaban J connectivity index is 1.28. The Hall–Kier alpha value is -1.63.